The fourth-order valence-electron chi connectivity index (χ4n) is 3.27. The van der Waals surface area contributed by atoms with Crippen LogP contribution in [-0.4, -0.2) is 31.1 Å². The van der Waals surface area contributed by atoms with Gasteiger partial charge in [-0.2, -0.15) is 0 Å². The Labute approximate surface area is 158 Å². The van der Waals surface area contributed by atoms with Crippen LogP contribution in [0, 0.1) is 12.8 Å². The molecule has 1 fully saturated rings. The van der Waals surface area contributed by atoms with Crippen molar-refractivity contribution in [2.75, 3.05) is 18.5 Å². The maximum Gasteiger partial charge on any atom is 0.341 e. The third-order valence-corrected chi connectivity index (χ3v) is 5.64. The van der Waals surface area contributed by atoms with Gasteiger partial charge in [-0.25, -0.2) is 4.79 Å². The number of nitrogens with one attached hydrogen (secondary N) is 1. The van der Waals surface area contributed by atoms with Crippen molar-refractivity contribution in [1.29, 1.82) is 0 Å². The maximum absolute atomic E-state index is 12.3. The first-order chi connectivity index (χ1) is 12.5. The van der Waals surface area contributed by atoms with E-state index in [9.17, 15) is 14.4 Å². The molecule has 1 saturated carbocycles. The summed E-state index contributed by atoms with van der Waals surface area (Å²) in [6.07, 6.45) is 5.54. The van der Waals surface area contributed by atoms with E-state index in [0.29, 0.717) is 17.0 Å². The molecule has 26 heavy (non-hydrogen) atoms. The second-order valence-electron chi connectivity index (χ2n) is 6.41. The zero-order chi connectivity index (χ0) is 19.1. The van der Waals surface area contributed by atoms with Crippen molar-refractivity contribution in [1.82, 2.24) is 0 Å². The van der Waals surface area contributed by atoms with Gasteiger partial charge >= 0.3 is 11.9 Å². The summed E-state index contributed by atoms with van der Waals surface area (Å²) in [5, 5.41) is 3.16. The second kappa shape index (κ2) is 9.71. The predicted octanol–water partition coefficient (Wildman–Crippen LogP) is 3.86. The van der Waals surface area contributed by atoms with Crippen molar-refractivity contribution in [3.05, 3.63) is 16.0 Å². The number of amides is 1. The summed E-state index contributed by atoms with van der Waals surface area (Å²) in [4.78, 5) is 37.5. The minimum absolute atomic E-state index is 0.0951. The van der Waals surface area contributed by atoms with Crippen LogP contribution >= 0.6 is 11.3 Å². The molecule has 2 rings (SSSR count). The molecule has 0 bridgehead atoms. The van der Waals surface area contributed by atoms with Gasteiger partial charge in [0.1, 0.15) is 5.00 Å². The number of hydrogen-bond donors (Lipinski definition) is 1. The largest absolute Gasteiger partial charge is 0.462 e. The minimum atomic E-state index is -0.441. The Bertz CT molecular complexity index is 661. The zero-order valence-electron chi connectivity index (χ0n) is 15.7. The molecule has 1 heterocycles. The van der Waals surface area contributed by atoms with Crippen LogP contribution < -0.4 is 5.32 Å². The van der Waals surface area contributed by atoms with Crippen LogP contribution in [0.25, 0.3) is 0 Å². The van der Waals surface area contributed by atoms with Crippen molar-refractivity contribution < 1.29 is 23.9 Å². The van der Waals surface area contributed by atoms with Gasteiger partial charge in [0.2, 0.25) is 0 Å². The van der Waals surface area contributed by atoms with Gasteiger partial charge in [-0.1, -0.05) is 26.2 Å². The number of carbonyl (C=O) groups is 3. The standard InChI is InChI=1S/C19H27NO5S/c1-4-14-12(3)26-17(16(14)19(23)24-5-2)20-15(21)11-25-18(22)13-9-7-6-8-10-13/h13H,4-11H2,1-3H3,(H,20,21). The van der Waals surface area contributed by atoms with Gasteiger partial charge < -0.3 is 14.8 Å². The van der Waals surface area contributed by atoms with Crippen LogP contribution in [0.2, 0.25) is 0 Å². The summed E-state index contributed by atoms with van der Waals surface area (Å²) in [6, 6.07) is 0. The highest BCUT2D eigenvalue weighted by Crippen LogP contribution is 2.34. The fourth-order valence-corrected chi connectivity index (χ4v) is 4.42. The predicted molar refractivity (Wildman–Crippen MR) is 101 cm³/mol. The summed E-state index contributed by atoms with van der Waals surface area (Å²) >= 11 is 1.34. The van der Waals surface area contributed by atoms with Gasteiger partial charge in [0.25, 0.3) is 5.91 Å². The number of anilines is 1. The molecule has 0 unspecified atom stereocenters. The van der Waals surface area contributed by atoms with Gasteiger partial charge in [-0.15, -0.1) is 11.3 Å². The van der Waals surface area contributed by atoms with E-state index in [1.165, 1.54) is 11.3 Å². The van der Waals surface area contributed by atoms with Crippen LogP contribution in [0.3, 0.4) is 0 Å². The Kier molecular flexibility index (Phi) is 7.63. The Balaban J connectivity index is 1.99. The van der Waals surface area contributed by atoms with E-state index in [1.54, 1.807) is 6.92 Å². The molecule has 144 valence electrons. The molecule has 1 aliphatic rings. The monoisotopic (exact) mass is 381 g/mol. The van der Waals surface area contributed by atoms with Crippen molar-refractivity contribution in [3.8, 4) is 0 Å². The molecule has 1 amide bonds. The molecule has 0 atom stereocenters. The van der Waals surface area contributed by atoms with Gasteiger partial charge in [0, 0.05) is 4.88 Å². The number of thiophene rings is 1. The third kappa shape index (κ3) is 5.06. The summed E-state index contributed by atoms with van der Waals surface area (Å²) < 4.78 is 10.3. The SMILES string of the molecule is CCOC(=O)c1c(NC(=O)COC(=O)C2CCCCC2)sc(C)c1CC. The fraction of sp³-hybridized carbons (Fsp3) is 0.632. The van der Waals surface area contributed by atoms with Crippen molar-refractivity contribution >= 4 is 34.2 Å². The van der Waals surface area contributed by atoms with E-state index >= 15 is 0 Å². The molecule has 0 aliphatic heterocycles. The lowest BCUT2D eigenvalue weighted by atomic mass is 9.89. The van der Waals surface area contributed by atoms with E-state index in [1.807, 2.05) is 13.8 Å². The first-order valence-corrected chi connectivity index (χ1v) is 10.0. The molecular formula is C19H27NO5S. The van der Waals surface area contributed by atoms with Crippen molar-refractivity contribution in [3.63, 3.8) is 0 Å². The van der Waals surface area contributed by atoms with E-state index in [0.717, 1.165) is 42.5 Å². The van der Waals surface area contributed by atoms with Crippen LogP contribution in [-0.2, 0) is 25.5 Å². The molecule has 1 aliphatic carbocycles. The van der Waals surface area contributed by atoms with E-state index in [4.69, 9.17) is 9.47 Å². The number of carbonyl (C=O) groups excluding carboxylic acids is 3. The summed E-state index contributed by atoms with van der Waals surface area (Å²) in [5.74, 6) is -1.28. The molecule has 0 aromatic carbocycles. The Morgan fingerprint density at radius 3 is 2.42 bits per heavy atom. The van der Waals surface area contributed by atoms with Gasteiger partial charge in [0.05, 0.1) is 18.1 Å². The highest BCUT2D eigenvalue weighted by Gasteiger charge is 2.25. The molecule has 6 nitrogen and oxygen atoms in total. The summed E-state index contributed by atoms with van der Waals surface area (Å²) in [6.45, 7) is 5.53. The van der Waals surface area contributed by atoms with Crippen LogP contribution in [0.5, 0.6) is 0 Å². The highest BCUT2D eigenvalue weighted by atomic mass is 32.1. The Morgan fingerprint density at radius 1 is 1.12 bits per heavy atom. The molecule has 1 N–H and O–H groups in total. The van der Waals surface area contributed by atoms with Crippen LogP contribution in [0.15, 0.2) is 0 Å². The first-order valence-electron chi connectivity index (χ1n) is 9.23. The number of rotatable bonds is 7. The Hall–Kier alpha value is -1.89. The summed E-state index contributed by atoms with van der Waals surface area (Å²) in [5.41, 5.74) is 1.28. The average molecular weight is 381 g/mol. The maximum atomic E-state index is 12.3. The van der Waals surface area contributed by atoms with E-state index in [-0.39, 0.29) is 25.1 Å². The smallest absolute Gasteiger partial charge is 0.341 e. The van der Waals surface area contributed by atoms with Crippen LogP contribution in [0.1, 0.15) is 66.8 Å². The van der Waals surface area contributed by atoms with E-state index in [2.05, 4.69) is 5.32 Å². The topological polar surface area (TPSA) is 81.7 Å². The zero-order valence-corrected chi connectivity index (χ0v) is 16.5. The number of hydrogen-bond acceptors (Lipinski definition) is 6. The van der Waals surface area contributed by atoms with Gasteiger partial charge in [-0.3, -0.25) is 9.59 Å². The molecule has 7 heteroatoms. The lowest BCUT2D eigenvalue weighted by Crippen LogP contribution is -2.26. The second-order valence-corrected chi connectivity index (χ2v) is 7.63. The highest BCUT2D eigenvalue weighted by molar-refractivity contribution is 7.16. The molecule has 0 saturated heterocycles. The number of ether oxygens (including phenoxy) is 2. The van der Waals surface area contributed by atoms with Crippen molar-refractivity contribution in [2.24, 2.45) is 5.92 Å². The first kappa shape index (κ1) is 20.4. The molecule has 0 radical (unpaired) electrons. The lowest BCUT2D eigenvalue weighted by molar-refractivity contribution is -0.152. The minimum Gasteiger partial charge on any atom is -0.462 e. The van der Waals surface area contributed by atoms with E-state index < -0.39 is 11.9 Å². The Morgan fingerprint density at radius 2 is 1.81 bits per heavy atom. The normalized spacial score (nSPS) is 14.7. The van der Waals surface area contributed by atoms with Gasteiger partial charge in [-0.05, 0) is 38.7 Å². The molecule has 1 aromatic heterocycles. The third-order valence-electron chi connectivity index (χ3n) is 4.58. The average Bonchev–Trinajstić information content (AvgIpc) is 2.95. The summed E-state index contributed by atoms with van der Waals surface area (Å²) in [7, 11) is 0. The van der Waals surface area contributed by atoms with Crippen LogP contribution in [0.4, 0.5) is 5.00 Å². The van der Waals surface area contributed by atoms with Gasteiger partial charge in [0.15, 0.2) is 6.61 Å². The quantitative estimate of drug-likeness (QED) is 0.725. The molecule has 1 aromatic rings. The molecular weight excluding hydrogens is 354 g/mol. The molecule has 0 spiro atoms. The number of esters is 2. The number of aryl methyl sites for hydroxylation is 1. The van der Waals surface area contributed by atoms with Crippen molar-refractivity contribution in [2.45, 2.75) is 59.3 Å². The lowest BCUT2D eigenvalue weighted by Gasteiger charge is -2.19.